The lowest BCUT2D eigenvalue weighted by Gasteiger charge is -2.16. The SMILES string of the molecule is Cc1cccc(CCN=C(N)N(C)C2CC2)c1.I. The van der Waals surface area contributed by atoms with Crippen molar-refractivity contribution in [3.63, 3.8) is 0 Å². The molecule has 3 nitrogen and oxygen atoms in total. The summed E-state index contributed by atoms with van der Waals surface area (Å²) in [6.07, 6.45) is 3.47. The maximum absolute atomic E-state index is 5.93. The van der Waals surface area contributed by atoms with Crippen molar-refractivity contribution in [2.24, 2.45) is 10.7 Å². The fourth-order valence-electron chi connectivity index (χ4n) is 1.93. The first-order chi connectivity index (χ1) is 8.16. The molecule has 0 saturated heterocycles. The Morgan fingerprint density at radius 1 is 1.44 bits per heavy atom. The van der Waals surface area contributed by atoms with E-state index in [9.17, 15) is 0 Å². The number of hydrogen-bond acceptors (Lipinski definition) is 1. The largest absolute Gasteiger partial charge is 0.370 e. The van der Waals surface area contributed by atoms with Crippen LogP contribution in [-0.4, -0.2) is 30.5 Å². The molecule has 0 aromatic heterocycles. The Morgan fingerprint density at radius 2 is 2.17 bits per heavy atom. The monoisotopic (exact) mass is 359 g/mol. The molecule has 0 heterocycles. The van der Waals surface area contributed by atoms with Gasteiger partial charge in [0.05, 0.1) is 0 Å². The molecule has 1 aromatic rings. The van der Waals surface area contributed by atoms with Crippen LogP contribution in [0.1, 0.15) is 24.0 Å². The number of rotatable bonds is 4. The van der Waals surface area contributed by atoms with Gasteiger partial charge >= 0.3 is 0 Å². The number of benzene rings is 1. The van der Waals surface area contributed by atoms with E-state index in [-0.39, 0.29) is 24.0 Å². The van der Waals surface area contributed by atoms with Crippen molar-refractivity contribution in [3.8, 4) is 0 Å². The van der Waals surface area contributed by atoms with Crippen LogP contribution in [0, 0.1) is 6.92 Å². The second kappa shape index (κ2) is 6.97. The molecule has 1 fully saturated rings. The number of halogens is 1. The molecule has 2 rings (SSSR count). The van der Waals surface area contributed by atoms with Crippen molar-refractivity contribution >= 4 is 29.9 Å². The van der Waals surface area contributed by atoms with E-state index in [4.69, 9.17) is 5.73 Å². The summed E-state index contributed by atoms with van der Waals surface area (Å²) in [6, 6.07) is 9.19. The molecular formula is C14H22IN3. The molecule has 1 aliphatic carbocycles. The minimum Gasteiger partial charge on any atom is -0.370 e. The normalized spacial score (nSPS) is 15.1. The maximum atomic E-state index is 5.93. The summed E-state index contributed by atoms with van der Waals surface area (Å²) in [5.41, 5.74) is 8.56. The van der Waals surface area contributed by atoms with Crippen LogP contribution in [0.15, 0.2) is 29.3 Å². The van der Waals surface area contributed by atoms with Gasteiger partial charge in [-0.1, -0.05) is 29.8 Å². The number of aliphatic imine (C=N–C) groups is 1. The molecule has 0 amide bonds. The zero-order valence-electron chi connectivity index (χ0n) is 11.1. The first-order valence-electron chi connectivity index (χ1n) is 6.25. The number of nitrogens with two attached hydrogens (primary N) is 1. The average molecular weight is 359 g/mol. The van der Waals surface area contributed by atoms with Crippen molar-refractivity contribution in [1.82, 2.24) is 4.90 Å². The van der Waals surface area contributed by atoms with E-state index in [2.05, 4.69) is 41.1 Å². The Balaban J connectivity index is 0.00000162. The van der Waals surface area contributed by atoms with Gasteiger partial charge in [-0.15, -0.1) is 24.0 Å². The van der Waals surface area contributed by atoms with E-state index in [0.29, 0.717) is 12.0 Å². The quantitative estimate of drug-likeness (QED) is 0.510. The first-order valence-corrected chi connectivity index (χ1v) is 6.25. The molecular weight excluding hydrogens is 337 g/mol. The van der Waals surface area contributed by atoms with Gasteiger partial charge in [0, 0.05) is 19.6 Å². The molecule has 0 aliphatic heterocycles. The van der Waals surface area contributed by atoms with Crippen LogP contribution in [0.3, 0.4) is 0 Å². The third-order valence-electron chi connectivity index (χ3n) is 3.21. The molecule has 0 atom stereocenters. The van der Waals surface area contributed by atoms with Crippen LogP contribution in [0.5, 0.6) is 0 Å². The lowest BCUT2D eigenvalue weighted by Crippen LogP contribution is -2.35. The van der Waals surface area contributed by atoms with Gasteiger partial charge < -0.3 is 10.6 Å². The Labute approximate surface area is 126 Å². The zero-order valence-corrected chi connectivity index (χ0v) is 13.4. The first kappa shape index (κ1) is 15.3. The average Bonchev–Trinajstić information content (AvgIpc) is 3.12. The highest BCUT2D eigenvalue weighted by Gasteiger charge is 2.27. The second-order valence-corrected chi connectivity index (χ2v) is 4.82. The van der Waals surface area contributed by atoms with Gasteiger partial charge in [0.25, 0.3) is 0 Å². The van der Waals surface area contributed by atoms with E-state index in [1.807, 2.05) is 7.05 Å². The Morgan fingerprint density at radius 3 is 2.78 bits per heavy atom. The van der Waals surface area contributed by atoms with Gasteiger partial charge in [-0.05, 0) is 31.7 Å². The standard InChI is InChI=1S/C14H21N3.HI/c1-11-4-3-5-12(10-11)8-9-16-14(15)17(2)13-6-7-13;/h3-5,10,13H,6-9H2,1-2H3,(H2,15,16);1H. The number of nitrogens with zero attached hydrogens (tertiary/aromatic N) is 2. The highest BCUT2D eigenvalue weighted by atomic mass is 127. The minimum absolute atomic E-state index is 0. The maximum Gasteiger partial charge on any atom is 0.191 e. The van der Waals surface area contributed by atoms with Crippen molar-refractivity contribution in [2.75, 3.05) is 13.6 Å². The molecule has 18 heavy (non-hydrogen) atoms. The molecule has 4 heteroatoms. The van der Waals surface area contributed by atoms with Gasteiger partial charge in [0.15, 0.2) is 5.96 Å². The van der Waals surface area contributed by atoms with E-state index in [1.165, 1.54) is 24.0 Å². The van der Waals surface area contributed by atoms with Crippen LogP contribution < -0.4 is 5.73 Å². The van der Waals surface area contributed by atoms with Gasteiger partial charge in [0.2, 0.25) is 0 Å². The van der Waals surface area contributed by atoms with Crippen LogP contribution in [0.4, 0.5) is 0 Å². The van der Waals surface area contributed by atoms with E-state index in [1.54, 1.807) is 0 Å². The molecule has 1 aromatic carbocycles. The third-order valence-corrected chi connectivity index (χ3v) is 3.21. The fraction of sp³-hybridized carbons (Fsp3) is 0.500. The van der Waals surface area contributed by atoms with Gasteiger partial charge in [-0.3, -0.25) is 4.99 Å². The van der Waals surface area contributed by atoms with Crippen LogP contribution in [0.2, 0.25) is 0 Å². The van der Waals surface area contributed by atoms with Gasteiger partial charge in [-0.2, -0.15) is 0 Å². The molecule has 0 radical (unpaired) electrons. The van der Waals surface area contributed by atoms with Gasteiger partial charge in [-0.25, -0.2) is 0 Å². The van der Waals surface area contributed by atoms with Crippen LogP contribution in [-0.2, 0) is 6.42 Å². The number of guanidine groups is 1. The Hall–Kier alpha value is -0.780. The molecule has 1 aliphatic rings. The molecule has 0 spiro atoms. The van der Waals surface area contributed by atoms with Crippen LogP contribution >= 0.6 is 24.0 Å². The molecule has 2 N–H and O–H groups in total. The smallest absolute Gasteiger partial charge is 0.191 e. The van der Waals surface area contributed by atoms with Crippen molar-refractivity contribution in [2.45, 2.75) is 32.2 Å². The summed E-state index contributed by atoms with van der Waals surface area (Å²) in [7, 11) is 2.03. The molecule has 0 bridgehead atoms. The lowest BCUT2D eigenvalue weighted by molar-refractivity contribution is 0.487. The van der Waals surface area contributed by atoms with Crippen LogP contribution in [0.25, 0.3) is 0 Å². The molecule has 1 saturated carbocycles. The highest BCUT2D eigenvalue weighted by Crippen LogP contribution is 2.24. The van der Waals surface area contributed by atoms with Crippen molar-refractivity contribution in [3.05, 3.63) is 35.4 Å². The predicted octanol–water partition coefficient (Wildman–Crippen LogP) is 2.56. The summed E-state index contributed by atoms with van der Waals surface area (Å²) in [5.74, 6) is 0.681. The second-order valence-electron chi connectivity index (χ2n) is 4.82. The van der Waals surface area contributed by atoms with Gasteiger partial charge in [0.1, 0.15) is 0 Å². The number of hydrogen-bond donors (Lipinski definition) is 1. The highest BCUT2D eigenvalue weighted by molar-refractivity contribution is 14.0. The Bertz CT molecular complexity index is 413. The van der Waals surface area contributed by atoms with Crippen molar-refractivity contribution in [1.29, 1.82) is 0 Å². The van der Waals surface area contributed by atoms with E-state index in [0.717, 1.165) is 13.0 Å². The topological polar surface area (TPSA) is 41.6 Å². The summed E-state index contributed by atoms with van der Waals surface area (Å²) in [5, 5.41) is 0. The van der Waals surface area contributed by atoms with E-state index >= 15 is 0 Å². The van der Waals surface area contributed by atoms with Crippen molar-refractivity contribution < 1.29 is 0 Å². The zero-order chi connectivity index (χ0) is 12.3. The fourth-order valence-corrected chi connectivity index (χ4v) is 1.93. The predicted molar refractivity (Wildman–Crippen MR) is 87.6 cm³/mol. The minimum atomic E-state index is 0. The lowest BCUT2D eigenvalue weighted by atomic mass is 10.1. The molecule has 100 valence electrons. The third kappa shape index (κ3) is 4.48. The molecule has 0 unspecified atom stereocenters. The summed E-state index contributed by atoms with van der Waals surface area (Å²) in [6.45, 7) is 2.88. The summed E-state index contributed by atoms with van der Waals surface area (Å²) >= 11 is 0. The summed E-state index contributed by atoms with van der Waals surface area (Å²) in [4.78, 5) is 6.52. The van der Waals surface area contributed by atoms with E-state index < -0.39 is 0 Å². The Kier molecular flexibility index (Phi) is 5.91. The summed E-state index contributed by atoms with van der Waals surface area (Å²) < 4.78 is 0. The number of aryl methyl sites for hydroxylation is 1.